The van der Waals surface area contributed by atoms with Gasteiger partial charge in [-0.3, -0.25) is 9.89 Å². The monoisotopic (exact) mass is 388 g/mol. The molecule has 9 nitrogen and oxygen atoms in total. The van der Waals surface area contributed by atoms with Crippen molar-refractivity contribution in [3.8, 4) is 11.5 Å². The summed E-state index contributed by atoms with van der Waals surface area (Å²) in [5.74, 6) is 3.51. The lowest BCUT2D eigenvalue weighted by atomic mass is 10.2. The SMILES string of the molecule is CN=C(NCc1nc(C)no1)NC1CCN(Cc2cc(OC)cc(OC)c2)C1. The van der Waals surface area contributed by atoms with Crippen LogP contribution in [0.25, 0.3) is 0 Å². The van der Waals surface area contributed by atoms with Gasteiger partial charge < -0.3 is 24.6 Å². The van der Waals surface area contributed by atoms with Gasteiger partial charge in [0.1, 0.15) is 11.5 Å². The van der Waals surface area contributed by atoms with Gasteiger partial charge in [-0.25, -0.2) is 0 Å². The number of ether oxygens (including phenoxy) is 2. The van der Waals surface area contributed by atoms with E-state index in [1.807, 2.05) is 6.07 Å². The molecule has 28 heavy (non-hydrogen) atoms. The smallest absolute Gasteiger partial charge is 0.246 e. The topological polar surface area (TPSA) is 97.0 Å². The Labute approximate surface area is 165 Å². The van der Waals surface area contributed by atoms with Gasteiger partial charge in [0.25, 0.3) is 0 Å². The second-order valence-corrected chi connectivity index (χ2v) is 6.75. The normalized spacial score (nSPS) is 17.6. The molecule has 2 aromatic rings. The average molecular weight is 388 g/mol. The number of methoxy groups -OCH3 is 2. The van der Waals surface area contributed by atoms with E-state index in [2.05, 4.69) is 42.8 Å². The summed E-state index contributed by atoms with van der Waals surface area (Å²) in [6, 6.07) is 6.31. The van der Waals surface area contributed by atoms with Gasteiger partial charge >= 0.3 is 0 Å². The predicted molar refractivity (Wildman–Crippen MR) is 106 cm³/mol. The molecule has 2 heterocycles. The van der Waals surface area contributed by atoms with Crippen LogP contribution >= 0.6 is 0 Å². The van der Waals surface area contributed by atoms with Crippen LogP contribution < -0.4 is 20.1 Å². The average Bonchev–Trinajstić information content (AvgIpc) is 3.33. The third-order valence-electron chi connectivity index (χ3n) is 4.63. The largest absolute Gasteiger partial charge is 0.497 e. The lowest BCUT2D eigenvalue weighted by Gasteiger charge is -2.19. The number of aliphatic imine (C=N–C) groups is 1. The Kier molecular flexibility index (Phi) is 6.70. The highest BCUT2D eigenvalue weighted by Gasteiger charge is 2.23. The standard InChI is InChI=1S/C19H28N6O3/c1-13-22-18(28-24-13)10-21-19(20-2)23-15-5-6-25(12-15)11-14-7-16(26-3)9-17(8-14)27-4/h7-9,15H,5-6,10-12H2,1-4H3,(H2,20,21,23). The number of rotatable bonds is 7. The van der Waals surface area contributed by atoms with Crippen molar-refractivity contribution in [1.82, 2.24) is 25.7 Å². The summed E-state index contributed by atoms with van der Waals surface area (Å²) < 4.78 is 15.8. The van der Waals surface area contributed by atoms with E-state index >= 15 is 0 Å². The van der Waals surface area contributed by atoms with Gasteiger partial charge in [0.2, 0.25) is 5.89 Å². The number of hydrogen-bond acceptors (Lipinski definition) is 7. The van der Waals surface area contributed by atoms with E-state index in [1.54, 1.807) is 28.2 Å². The minimum absolute atomic E-state index is 0.322. The number of hydrogen-bond donors (Lipinski definition) is 2. The van der Waals surface area contributed by atoms with E-state index in [0.717, 1.165) is 43.5 Å². The quantitative estimate of drug-likeness (QED) is 0.542. The van der Waals surface area contributed by atoms with Crippen LogP contribution in [-0.4, -0.2) is 61.4 Å². The summed E-state index contributed by atoms with van der Waals surface area (Å²) in [4.78, 5) is 10.9. The molecule has 1 aliphatic rings. The fraction of sp³-hybridized carbons (Fsp3) is 0.526. The Morgan fingerprint density at radius 3 is 2.64 bits per heavy atom. The number of aryl methyl sites for hydroxylation is 1. The lowest BCUT2D eigenvalue weighted by Crippen LogP contribution is -2.44. The second-order valence-electron chi connectivity index (χ2n) is 6.75. The molecule has 0 radical (unpaired) electrons. The molecule has 0 saturated carbocycles. The van der Waals surface area contributed by atoms with E-state index in [4.69, 9.17) is 14.0 Å². The molecule has 1 saturated heterocycles. The Morgan fingerprint density at radius 2 is 2.04 bits per heavy atom. The first-order valence-corrected chi connectivity index (χ1v) is 9.30. The van der Waals surface area contributed by atoms with Crippen molar-refractivity contribution in [2.75, 3.05) is 34.4 Å². The summed E-state index contributed by atoms with van der Waals surface area (Å²) >= 11 is 0. The van der Waals surface area contributed by atoms with Crippen molar-refractivity contribution in [1.29, 1.82) is 0 Å². The maximum atomic E-state index is 5.36. The van der Waals surface area contributed by atoms with E-state index in [9.17, 15) is 0 Å². The third-order valence-corrected chi connectivity index (χ3v) is 4.63. The summed E-state index contributed by atoms with van der Waals surface area (Å²) in [5.41, 5.74) is 1.17. The van der Waals surface area contributed by atoms with Crippen molar-refractivity contribution in [2.45, 2.75) is 32.5 Å². The van der Waals surface area contributed by atoms with Crippen LogP contribution in [0.2, 0.25) is 0 Å². The molecule has 1 atom stereocenters. The lowest BCUT2D eigenvalue weighted by molar-refractivity contribution is 0.321. The highest BCUT2D eigenvalue weighted by Crippen LogP contribution is 2.24. The van der Waals surface area contributed by atoms with Crippen LogP contribution in [0.1, 0.15) is 23.7 Å². The van der Waals surface area contributed by atoms with Crippen LogP contribution in [0.5, 0.6) is 11.5 Å². The van der Waals surface area contributed by atoms with Crippen LogP contribution in [0.15, 0.2) is 27.7 Å². The van der Waals surface area contributed by atoms with Gasteiger partial charge in [-0.2, -0.15) is 4.98 Å². The van der Waals surface area contributed by atoms with Crippen LogP contribution in [0.3, 0.4) is 0 Å². The molecule has 1 unspecified atom stereocenters. The molecule has 0 amide bonds. The fourth-order valence-electron chi connectivity index (χ4n) is 3.27. The number of likely N-dealkylation sites (tertiary alicyclic amines) is 1. The van der Waals surface area contributed by atoms with Gasteiger partial charge in [0.15, 0.2) is 11.8 Å². The number of guanidine groups is 1. The number of benzene rings is 1. The predicted octanol–water partition coefficient (Wildman–Crippen LogP) is 1.33. The van der Waals surface area contributed by atoms with Crippen LogP contribution in [0.4, 0.5) is 0 Å². The number of aromatic nitrogens is 2. The molecule has 0 bridgehead atoms. The fourth-order valence-corrected chi connectivity index (χ4v) is 3.27. The molecule has 9 heteroatoms. The summed E-state index contributed by atoms with van der Waals surface area (Å²) in [6.07, 6.45) is 1.04. The summed E-state index contributed by atoms with van der Waals surface area (Å²) in [5, 5.41) is 10.5. The van der Waals surface area contributed by atoms with E-state index in [1.165, 1.54) is 5.56 Å². The zero-order valence-electron chi connectivity index (χ0n) is 16.9. The van der Waals surface area contributed by atoms with Crippen molar-refractivity contribution in [3.05, 3.63) is 35.5 Å². The molecular formula is C19H28N6O3. The molecule has 0 spiro atoms. The van der Waals surface area contributed by atoms with Gasteiger partial charge in [-0.15, -0.1) is 0 Å². The summed E-state index contributed by atoms with van der Waals surface area (Å²) in [7, 11) is 5.09. The van der Waals surface area contributed by atoms with Crippen molar-refractivity contribution in [2.24, 2.45) is 4.99 Å². The first-order chi connectivity index (χ1) is 13.6. The van der Waals surface area contributed by atoms with Gasteiger partial charge in [-0.05, 0) is 31.0 Å². The molecule has 3 rings (SSSR count). The number of nitrogens with zero attached hydrogens (tertiary/aromatic N) is 4. The molecule has 0 aliphatic carbocycles. The zero-order chi connectivity index (χ0) is 19.9. The maximum absolute atomic E-state index is 5.36. The van der Waals surface area contributed by atoms with Crippen LogP contribution in [-0.2, 0) is 13.1 Å². The minimum Gasteiger partial charge on any atom is -0.497 e. The Bertz CT molecular complexity index is 784. The Balaban J connectivity index is 1.50. The molecule has 1 aliphatic heterocycles. The molecule has 2 N–H and O–H groups in total. The first-order valence-electron chi connectivity index (χ1n) is 9.30. The van der Waals surface area contributed by atoms with Gasteiger partial charge in [0, 0.05) is 38.8 Å². The van der Waals surface area contributed by atoms with E-state index in [0.29, 0.717) is 24.3 Å². The van der Waals surface area contributed by atoms with E-state index in [-0.39, 0.29) is 0 Å². The molecular weight excluding hydrogens is 360 g/mol. The first kappa shape index (κ1) is 19.9. The zero-order valence-corrected chi connectivity index (χ0v) is 16.9. The van der Waals surface area contributed by atoms with Crippen molar-refractivity contribution >= 4 is 5.96 Å². The second kappa shape index (κ2) is 9.41. The minimum atomic E-state index is 0.322. The molecule has 1 aromatic heterocycles. The van der Waals surface area contributed by atoms with Crippen molar-refractivity contribution in [3.63, 3.8) is 0 Å². The van der Waals surface area contributed by atoms with Gasteiger partial charge in [-0.1, -0.05) is 5.16 Å². The maximum Gasteiger partial charge on any atom is 0.246 e. The van der Waals surface area contributed by atoms with Crippen LogP contribution in [0, 0.1) is 6.92 Å². The van der Waals surface area contributed by atoms with E-state index < -0.39 is 0 Å². The Morgan fingerprint density at radius 1 is 1.29 bits per heavy atom. The van der Waals surface area contributed by atoms with Gasteiger partial charge in [0.05, 0.1) is 20.8 Å². The molecule has 1 aromatic carbocycles. The Hall–Kier alpha value is -2.81. The molecule has 152 valence electrons. The third kappa shape index (κ3) is 5.35. The number of nitrogens with one attached hydrogen (secondary N) is 2. The summed E-state index contributed by atoms with van der Waals surface area (Å²) in [6.45, 7) is 5.03. The highest BCUT2D eigenvalue weighted by molar-refractivity contribution is 5.79. The van der Waals surface area contributed by atoms with Crippen molar-refractivity contribution < 1.29 is 14.0 Å². The molecule has 1 fully saturated rings. The highest BCUT2D eigenvalue weighted by atomic mass is 16.5.